The standard InChI is InChI=1S/C10H21FN2/c1-10(2,3)9(12)7-13-5-4-8(11)6-13/h8-9H,4-7,12H2,1-3H3/t8?,9-/m0/s1. The van der Waals surface area contributed by atoms with Crippen molar-refractivity contribution in [2.75, 3.05) is 19.6 Å². The summed E-state index contributed by atoms with van der Waals surface area (Å²) in [7, 11) is 0. The summed E-state index contributed by atoms with van der Waals surface area (Å²) < 4.78 is 12.8. The number of halogens is 1. The van der Waals surface area contributed by atoms with Gasteiger partial charge < -0.3 is 5.73 Å². The molecule has 0 amide bonds. The number of alkyl halides is 1. The number of rotatable bonds is 2. The summed E-state index contributed by atoms with van der Waals surface area (Å²) in [5.41, 5.74) is 6.13. The molecule has 1 heterocycles. The second-order valence-corrected chi connectivity index (χ2v) is 5.12. The molecule has 0 aromatic rings. The molecule has 2 nitrogen and oxygen atoms in total. The first-order valence-corrected chi connectivity index (χ1v) is 5.01. The van der Waals surface area contributed by atoms with Gasteiger partial charge in [-0.05, 0) is 11.8 Å². The van der Waals surface area contributed by atoms with Gasteiger partial charge in [0.05, 0.1) is 0 Å². The molecule has 0 aliphatic carbocycles. The van der Waals surface area contributed by atoms with E-state index >= 15 is 0 Å². The van der Waals surface area contributed by atoms with E-state index in [4.69, 9.17) is 5.73 Å². The van der Waals surface area contributed by atoms with Crippen LogP contribution in [0.5, 0.6) is 0 Å². The molecule has 1 saturated heterocycles. The van der Waals surface area contributed by atoms with Crippen LogP contribution >= 0.6 is 0 Å². The van der Waals surface area contributed by atoms with Gasteiger partial charge in [0.15, 0.2) is 0 Å². The maximum absolute atomic E-state index is 12.8. The van der Waals surface area contributed by atoms with Gasteiger partial charge in [0.25, 0.3) is 0 Å². The molecule has 1 rings (SSSR count). The van der Waals surface area contributed by atoms with Gasteiger partial charge in [-0.1, -0.05) is 20.8 Å². The quantitative estimate of drug-likeness (QED) is 0.710. The van der Waals surface area contributed by atoms with Crippen LogP contribution in [0.15, 0.2) is 0 Å². The Morgan fingerprint density at radius 3 is 2.54 bits per heavy atom. The van der Waals surface area contributed by atoms with E-state index < -0.39 is 6.17 Å². The minimum Gasteiger partial charge on any atom is -0.326 e. The molecule has 0 saturated carbocycles. The lowest BCUT2D eigenvalue weighted by atomic mass is 9.87. The predicted molar refractivity (Wildman–Crippen MR) is 53.4 cm³/mol. The maximum atomic E-state index is 12.8. The van der Waals surface area contributed by atoms with Crippen molar-refractivity contribution in [1.82, 2.24) is 4.90 Å². The molecule has 1 fully saturated rings. The number of likely N-dealkylation sites (tertiary alicyclic amines) is 1. The first-order chi connectivity index (χ1) is 5.89. The zero-order valence-corrected chi connectivity index (χ0v) is 8.89. The Bertz CT molecular complexity index is 165. The zero-order chi connectivity index (χ0) is 10.1. The molecule has 1 aliphatic heterocycles. The van der Waals surface area contributed by atoms with Gasteiger partial charge in [-0.25, -0.2) is 4.39 Å². The van der Waals surface area contributed by atoms with Crippen LogP contribution in [-0.4, -0.2) is 36.7 Å². The van der Waals surface area contributed by atoms with Crippen LogP contribution in [0.3, 0.4) is 0 Å². The molecule has 3 heteroatoms. The molecule has 2 N–H and O–H groups in total. The molecule has 1 aliphatic rings. The Hall–Kier alpha value is -0.150. The fourth-order valence-corrected chi connectivity index (χ4v) is 1.50. The molecule has 13 heavy (non-hydrogen) atoms. The third-order valence-electron chi connectivity index (χ3n) is 2.78. The predicted octanol–water partition coefficient (Wildman–Crippen LogP) is 1.40. The summed E-state index contributed by atoms with van der Waals surface area (Å²) in [6, 6.07) is 0.137. The number of nitrogens with zero attached hydrogens (tertiary/aromatic N) is 1. The first kappa shape index (κ1) is 10.9. The third kappa shape index (κ3) is 3.24. The topological polar surface area (TPSA) is 29.3 Å². The van der Waals surface area contributed by atoms with Crippen molar-refractivity contribution in [3.63, 3.8) is 0 Å². The van der Waals surface area contributed by atoms with Gasteiger partial charge >= 0.3 is 0 Å². The van der Waals surface area contributed by atoms with Gasteiger partial charge in [0, 0.05) is 25.7 Å². The van der Waals surface area contributed by atoms with Crippen LogP contribution in [0.2, 0.25) is 0 Å². The van der Waals surface area contributed by atoms with Crippen molar-refractivity contribution < 1.29 is 4.39 Å². The summed E-state index contributed by atoms with van der Waals surface area (Å²) >= 11 is 0. The van der Waals surface area contributed by atoms with Crippen LogP contribution in [0.25, 0.3) is 0 Å². The average molecular weight is 188 g/mol. The minimum absolute atomic E-state index is 0.119. The maximum Gasteiger partial charge on any atom is 0.114 e. The van der Waals surface area contributed by atoms with Crippen LogP contribution in [0.1, 0.15) is 27.2 Å². The fourth-order valence-electron chi connectivity index (χ4n) is 1.50. The number of hydrogen-bond acceptors (Lipinski definition) is 2. The summed E-state index contributed by atoms with van der Waals surface area (Å²) in [5, 5.41) is 0. The normalized spacial score (nSPS) is 27.9. The fraction of sp³-hybridized carbons (Fsp3) is 1.00. The summed E-state index contributed by atoms with van der Waals surface area (Å²) in [6.45, 7) is 8.64. The average Bonchev–Trinajstić information content (AvgIpc) is 2.33. The minimum atomic E-state index is -0.632. The molecule has 0 spiro atoms. The monoisotopic (exact) mass is 188 g/mol. The lowest BCUT2D eigenvalue weighted by Gasteiger charge is -2.30. The highest BCUT2D eigenvalue weighted by Gasteiger charge is 2.27. The summed E-state index contributed by atoms with van der Waals surface area (Å²) in [4.78, 5) is 2.13. The van der Waals surface area contributed by atoms with E-state index in [1.165, 1.54) is 0 Å². The molecular weight excluding hydrogens is 167 g/mol. The van der Waals surface area contributed by atoms with Crippen molar-refractivity contribution in [2.45, 2.75) is 39.4 Å². The highest BCUT2D eigenvalue weighted by atomic mass is 19.1. The number of nitrogens with two attached hydrogens (primary N) is 1. The Morgan fingerprint density at radius 1 is 1.54 bits per heavy atom. The smallest absolute Gasteiger partial charge is 0.114 e. The molecule has 0 bridgehead atoms. The zero-order valence-electron chi connectivity index (χ0n) is 8.89. The Balaban J connectivity index is 2.33. The van der Waals surface area contributed by atoms with Crippen LogP contribution < -0.4 is 5.73 Å². The lowest BCUT2D eigenvalue weighted by molar-refractivity contribution is 0.215. The molecular formula is C10H21FN2. The van der Waals surface area contributed by atoms with E-state index in [0.717, 1.165) is 13.1 Å². The molecule has 0 radical (unpaired) electrons. The first-order valence-electron chi connectivity index (χ1n) is 5.01. The second-order valence-electron chi connectivity index (χ2n) is 5.12. The van der Waals surface area contributed by atoms with Crippen LogP contribution in [-0.2, 0) is 0 Å². The molecule has 78 valence electrons. The van der Waals surface area contributed by atoms with Crippen LogP contribution in [0.4, 0.5) is 4.39 Å². The Kier molecular flexibility index (Phi) is 3.30. The van der Waals surface area contributed by atoms with Crippen LogP contribution in [0, 0.1) is 5.41 Å². The molecule has 0 aromatic heterocycles. The second kappa shape index (κ2) is 3.93. The van der Waals surface area contributed by atoms with E-state index in [-0.39, 0.29) is 11.5 Å². The van der Waals surface area contributed by atoms with E-state index in [2.05, 4.69) is 25.7 Å². The van der Waals surface area contributed by atoms with E-state index in [1.54, 1.807) is 0 Å². The van der Waals surface area contributed by atoms with Gasteiger partial charge in [0.1, 0.15) is 6.17 Å². The van der Waals surface area contributed by atoms with Gasteiger partial charge in [-0.15, -0.1) is 0 Å². The van der Waals surface area contributed by atoms with Crippen molar-refractivity contribution in [2.24, 2.45) is 11.1 Å². The SMILES string of the molecule is CC(C)(C)[C@@H](N)CN1CCC(F)C1. The van der Waals surface area contributed by atoms with E-state index in [1.807, 2.05) is 0 Å². The van der Waals surface area contributed by atoms with Gasteiger partial charge in [0.2, 0.25) is 0 Å². The molecule has 1 unspecified atom stereocenters. The lowest BCUT2D eigenvalue weighted by Crippen LogP contribution is -2.44. The summed E-state index contributed by atoms with van der Waals surface area (Å²) in [6.07, 6.45) is 0.0452. The van der Waals surface area contributed by atoms with E-state index in [0.29, 0.717) is 13.0 Å². The third-order valence-corrected chi connectivity index (χ3v) is 2.78. The highest BCUT2D eigenvalue weighted by Crippen LogP contribution is 2.20. The number of hydrogen-bond donors (Lipinski definition) is 1. The van der Waals surface area contributed by atoms with Crippen molar-refractivity contribution in [1.29, 1.82) is 0 Å². The van der Waals surface area contributed by atoms with Gasteiger partial charge in [-0.3, -0.25) is 4.90 Å². The largest absolute Gasteiger partial charge is 0.326 e. The van der Waals surface area contributed by atoms with E-state index in [9.17, 15) is 4.39 Å². The Labute approximate surface area is 80.3 Å². The van der Waals surface area contributed by atoms with Crippen molar-refractivity contribution in [3.05, 3.63) is 0 Å². The van der Waals surface area contributed by atoms with Gasteiger partial charge in [-0.2, -0.15) is 0 Å². The molecule has 0 aromatic carbocycles. The van der Waals surface area contributed by atoms with Crippen molar-refractivity contribution in [3.8, 4) is 0 Å². The highest BCUT2D eigenvalue weighted by molar-refractivity contribution is 4.84. The Morgan fingerprint density at radius 2 is 2.15 bits per heavy atom. The molecule has 2 atom stereocenters. The summed E-state index contributed by atoms with van der Waals surface area (Å²) in [5.74, 6) is 0. The van der Waals surface area contributed by atoms with Crippen molar-refractivity contribution >= 4 is 0 Å².